The molecule has 0 spiro atoms. The highest BCUT2D eigenvalue weighted by Crippen LogP contribution is 2.31. The number of hydrogen-bond acceptors (Lipinski definition) is 0. The van der Waals surface area contributed by atoms with E-state index in [4.69, 9.17) is 0 Å². The van der Waals surface area contributed by atoms with E-state index in [1.54, 1.807) is 27.5 Å². The van der Waals surface area contributed by atoms with E-state index in [0.29, 0.717) is 0 Å². The zero-order valence-electron chi connectivity index (χ0n) is 17.7. The molecule has 0 atom stereocenters. The molecule has 0 amide bonds. The predicted molar refractivity (Wildman–Crippen MR) is 117 cm³/mol. The summed E-state index contributed by atoms with van der Waals surface area (Å²) in [5.74, 6) is 0. The second-order valence-electron chi connectivity index (χ2n) is 8.10. The molecule has 1 aliphatic rings. The van der Waals surface area contributed by atoms with Crippen molar-refractivity contribution in [3.05, 3.63) is 50.2 Å². The Hall–Kier alpha value is -1.08. The van der Waals surface area contributed by atoms with Crippen LogP contribution in [-0.2, 0) is 0 Å². The van der Waals surface area contributed by atoms with E-state index in [0.717, 1.165) is 0 Å². The minimum Gasteiger partial charge on any atom is -0.0755 e. The number of benzene rings is 1. The van der Waals surface area contributed by atoms with Crippen LogP contribution in [0.4, 0.5) is 0 Å². The lowest BCUT2D eigenvalue weighted by Gasteiger charge is -2.20. The molecule has 0 unspecified atom stereocenters. The quantitative estimate of drug-likeness (QED) is 0.397. The molecular weight excluding hydrogens is 316 g/mol. The van der Waals surface area contributed by atoms with Crippen molar-refractivity contribution in [3.63, 3.8) is 0 Å². The van der Waals surface area contributed by atoms with Crippen LogP contribution in [0.2, 0.25) is 0 Å². The number of hydrogen-bond donors (Lipinski definition) is 0. The average molecular weight is 355 g/mol. The van der Waals surface area contributed by atoms with E-state index in [2.05, 4.69) is 54.5 Å². The van der Waals surface area contributed by atoms with E-state index in [1.807, 2.05) is 5.20 Å². The van der Waals surface area contributed by atoms with Gasteiger partial charge in [-0.2, -0.15) is 0 Å². The Balaban J connectivity index is 2.26. The maximum atomic E-state index is 2.58. The van der Waals surface area contributed by atoms with Gasteiger partial charge in [-0.1, -0.05) is 60.7 Å². The first kappa shape index (κ1) is 20.2. The van der Waals surface area contributed by atoms with Crippen LogP contribution in [0.25, 0.3) is 0 Å². The molecule has 0 fully saturated rings. The molecule has 0 heterocycles. The molecule has 1 aromatic carbocycles. The van der Waals surface area contributed by atoms with Crippen LogP contribution < -0.4 is 5.19 Å². The summed E-state index contributed by atoms with van der Waals surface area (Å²) in [6.45, 7) is 16.3. The highest BCUT2D eigenvalue weighted by atomic mass is 28.2. The maximum Gasteiger partial charge on any atom is 0.0839 e. The van der Waals surface area contributed by atoms with Crippen LogP contribution in [0.15, 0.2) is 22.4 Å². The molecule has 1 heteroatoms. The highest BCUT2D eigenvalue weighted by Gasteiger charge is 2.19. The Morgan fingerprint density at radius 2 is 1.36 bits per heavy atom. The van der Waals surface area contributed by atoms with Gasteiger partial charge in [0.15, 0.2) is 0 Å². The lowest BCUT2D eigenvalue weighted by atomic mass is 9.95. The second kappa shape index (κ2) is 9.03. The summed E-state index contributed by atoms with van der Waals surface area (Å²) in [4.78, 5) is 0. The Morgan fingerprint density at radius 1 is 0.760 bits per heavy atom. The molecule has 1 aromatic rings. The first-order chi connectivity index (χ1) is 11.9. The van der Waals surface area contributed by atoms with Crippen LogP contribution in [0.3, 0.4) is 0 Å². The third-order valence-corrected chi connectivity index (χ3v) is 8.98. The van der Waals surface area contributed by atoms with Crippen molar-refractivity contribution in [2.24, 2.45) is 0 Å². The molecule has 0 saturated heterocycles. The Bertz CT molecular complexity index is 660. The van der Waals surface area contributed by atoms with Crippen LogP contribution in [-0.4, -0.2) is 9.52 Å². The topological polar surface area (TPSA) is 0 Å². The van der Waals surface area contributed by atoms with E-state index in [9.17, 15) is 0 Å². The number of allylic oxidation sites excluding steroid dienone is 4. The van der Waals surface area contributed by atoms with Gasteiger partial charge in [-0.05, 0) is 88.1 Å². The average Bonchev–Trinajstić information content (AvgIpc) is 2.97. The zero-order chi connectivity index (χ0) is 18.6. The second-order valence-corrected chi connectivity index (χ2v) is 10.0. The smallest absolute Gasteiger partial charge is 0.0755 e. The summed E-state index contributed by atoms with van der Waals surface area (Å²) >= 11 is 0. The molecule has 138 valence electrons. The van der Waals surface area contributed by atoms with Gasteiger partial charge in [0, 0.05) is 0 Å². The van der Waals surface area contributed by atoms with Crippen molar-refractivity contribution >= 4 is 14.7 Å². The Morgan fingerprint density at radius 3 is 1.92 bits per heavy atom. The molecule has 0 bridgehead atoms. The number of unbranched alkanes of at least 4 members (excludes halogenated alkanes) is 2. The molecule has 0 aromatic heterocycles. The molecule has 2 rings (SSSR count). The lowest BCUT2D eigenvalue weighted by Crippen LogP contribution is -2.26. The Labute approximate surface area is 158 Å². The maximum absolute atomic E-state index is 2.58. The Kier molecular flexibility index (Phi) is 7.31. The monoisotopic (exact) mass is 354 g/mol. The molecule has 0 N–H and O–H groups in total. The van der Waals surface area contributed by atoms with E-state index in [1.165, 1.54) is 61.6 Å². The van der Waals surface area contributed by atoms with Gasteiger partial charge in [0.2, 0.25) is 0 Å². The van der Waals surface area contributed by atoms with E-state index < -0.39 is 0 Å². The van der Waals surface area contributed by atoms with Gasteiger partial charge in [-0.3, -0.25) is 0 Å². The molecular formula is C24H38Si. The van der Waals surface area contributed by atoms with Crippen LogP contribution >= 0.6 is 0 Å². The molecule has 0 saturated carbocycles. The van der Waals surface area contributed by atoms with E-state index in [-0.39, 0.29) is 9.52 Å². The van der Waals surface area contributed by atoms with Crippen molar-refractivity contribution in [2.75, 3.05) is 0 Å². The summed E-state index contributed by atoms with van der Waals surface area (Å²) in [6, 6.07) is 0. The molecule has 25 heavy (non-hydrogen) atoms. The van der Waals surface area contributed by atoms with Gasteiger partial charge < -0.3 is 0 Å². The normalized spacial score (nSPS) is 14.9. The largest absolute Gasteiger partial charge is 0.0839 e. The predicted octanol–water partition coefficient (Wildman–Crippen LogP) is 5.99. The van der Waals surface area contributed by atoms with Gasteiger partial charge in [0.05, 0.1) is 9.52 Å². The van der Waals surface area contributed by atoms with Crippen molar-refractivity contribution in [2.45, 2.75) is 93.4 Å². The third-order valence-electron chi connectivity index (χ3n) is 6.44. The van der Waals surface area contributed by atoms with E-state index >= 15 is 0 Å². The van der Waals surface area contributed by atoms with Crippen LogP contribution in [0, 0.1) is 34.6 Å². The van der Waals surface area contributed by atoms with Gasteiger partial charge in [0.1, 0.15) is 0 Å². The summed E-state index contributed by atoms with van der Waals surface area (Å²) in [5, 5.41) is 3.56. The molecule has 0 radical (unpaired) electrons. The van der Waals surface area contributed by atoms with Gasteiger partial charge in [-0.25, -0.2) is 0 Å². The fraction of sp³-hybridized carbons (Fsp3) is 0.583. The minimum atomic E-state index is -0.352. The zero-order valence-corrected chi connectivity index (χ0v) is 19.1. The van der Waals surface area contributed by atoms with Crippen LogP contribution in [0.1, 0.15) is 86.6 Å². The fourth-order valence-electron chi connectivity index (χ4n) is 4.30. The first-order valence-corrected chi connectivity index (χ1v) is 11.8. The van der Waals surface area contributed by atoms with Crippen molar-refractivity contribution in [3.8, 4) is 0 Å². The van der Waals surface area contributed by atoms with Gasteiger partial charge in [-0.15, -0.1) is 0 Å². The molecule has 0 nitrogen and oxygen atoms in total. The third kappa shape index (κ3) is 4.56. The minimum absolute atomic E-state index is 0.352. The SMILES string of the molecule is CCCCCC1=CC(CCC)=C([SiH2]c2c(C)c(C)c(C)c(C)c2C)C1. The van der Waals surface area contributed by atoms with Gasteiger partial charge in [0.25, 0.3) is 0 Å². The van der Waals surface area contributed by atoms with Crippen molar-refractivity contribution in [1.29, 1.82) is 0 Å². The van der Waals surface area contributed by atoms with Crippen molar-refractivity contribution < 1.29 is 0 Å². The number of rotatable bonds is 8. The van der Waals surface area contributed by atoms with Crippen molar-refractivity contribution in [1.82, 2.24) is 0 Å². The first-order valence-electron chi connectivity index (χ1n) is 10.4. The summed E-state index contributed by atoms with van der Waals surface area (Å²) in [6.07, 6.45) is 11.8. The molecule has 1 aliphatic carbocycles. The lowest BCUT2D eigenvalue weighted by molar-refractivity contribution is 0.708. The van der Waals surface area contributed by atoms with Gasteiger partial charge >= 0.3 is 0 Å². The fourth-order valence-corrected chi connectivity index (χ4v) is 6.74. The standard InChI is InChI=1S/C24H38Si/c1-8-10-11-13-21-14-22(12-9-2)23(15-21)25-24-19(6)17(4)16(3)18(5)20(24)7/h14H,8-13,15,25H2,1-7H3. The molecule has 0 aliphatic heterocycles. The summed E-state index contributed by atoms with van der Waals surface area (Å²) in [5.41, 5.74) is 11.1. The van der Waals surface area contributed by atoms with Crippen LogP contribution in [0.5, 0.6) is 0 Å². The highest BCUT2D eigenvalue weighted by molar-refractivity contribution is 6.62. The summed E-state index contributed by atoms with van der Waals surface area (Å²) in [7, 11) is -0.352. The summed E-state index contributed by atoms with van der Waals surface area (Å²) < 4.78 is 0.